The lowest BCUT2D eigenvalue weighted by Crippen LogP contribution is -2.24. The molecule has 0 atom stereocenters. The van der Waals surface area contributed by atoms with Crippen LogP contribution in [-0.4, -0.2) is 18.2 Å². The first-order valence-electron chi connectivity index (χ1n) is 7.97. The molecule has 2 aromatic rings. The number of hydrogen-bond acceptors (Lipinski definition) is 2. The topological polar surface area (TPSA) is 46.2 Å². The molecule has 7 heteroatoms. The molecule has 0 bridgehead atoms. The van der Waals surface area contributed by atoms with Crippen molar-refractivity contribution < 1.29 is 22.8 Å². The van der Waals surface area contributed by atoms with E-state index in [9.17, 15) is 22.8 Å². The van der Waals surface area contributed by atoms with Crippen molar-refractivity contribution in [3.63, 3.8) is 0 Å². The van der Waals surface area contributed by atoms with Crippen LogP contribution in [0.5, 0.6) is 0 Å². The lowest BCUT2D eigenvalue weighted by Gasteiger charge is -2.05. The fraction of sp³-hybridized carbons (Fsp3) is 0.200. The number of Topliss-reactive ketones (excluding diaryl/α,β-unsaturated/α-hetero) is 1. The molecule has 0 saturated carbocycles. The summed E-state index contributed by atoms with van der Waals surface area (Å²) in [4.78, 5) is 23.7. The second-order valence-corrected chi connectivity index (χ2v) is 6.02. The molecule has 1 amide bonds. The van der Waals surface area contributed by atoms with Crippen LogP contribution in [0.3, 0.4) is 0 Å². The minimum absolute atomic E-state index is 0.00724. The van der Waals surface area contributed by atoms with Crippen LogP contribution < -0.4 is 5.32 Å². The summed E-state index contributed by atoms with van der Waals surface area (Å²) in [5, 5.41) is 3.02. The molecule has 2 rings (SSSR count). The van der Waals surface area contributed by atoms with Gasteiger partial charge in [-0.15, -0.1) is 0 Å². The second-order valence-electron chi connectivity index (χ2n) is 5.59. The van der Waals surface area contributed by atoms with Gasteiger partial charge in [0.05, 0.1) is 12.1 Å². The molecule has 1 N–H and O–H groups in total. The minimum Gasteiger partial charge on any atom is -0.345 e. The van der Waals surface area contributed by atoms with Gasteiger partial charge in [-0.2, -0.15) is 13.2 Å². The molecule has 27 heavy (non-hydrogen) atoms. The van der Waals surface area contributed by atoms with Gasteiger partial charge in [-0.25, -0.2) is 0 Å². The summed E-state index contributed by atoms with van der Waals surface area (Å²) < 4.78 is 37.8. The normalized spacial score (nSPS) is 10.7. The number of alkyl halides is 3. The van der Waals surface area contributed by atoms with Gasteiger partial charge in [0, 0.05) is 29.0 Å². The number of benzene rings is 2. The molecule has 3 nitrogen and oxygen atoms in total. The lowest BCUT2D eigenvalue weighted by molar-refractivity contribution is -0.137. The molecule has 0 spiro atoms. The molecule has 0 saturated heterocycles. The highest BCUT2D eigenvalue weighted by atomic mass is 35.5. The molecular formula is C20H15ClF3NO2. The van der Waals surface area contributed by atoms with Gasteiger partial charge in [0.15, 0.2) is 5.78 Å². The Morgan fingerprint density at radius 1 is 1.04 bits per heavy atom. The maximum atomic E-state index is 12.6. The Balaban J connectivity index is 1.79. The summed E-state index contributed by atoms with van der Waals surface area (Å²) in [5.74, 6) is 4.60. The zero-order valence-corrected chi connectivity index (χ0v) is 14.8. The number of ketones is 1. The number of rotatable bonds is 5. The Labute approximate surface area is 159 Å². The second kappa shape index (κ2) is 9.24. The molecule has 0 unspecified atom stereocenters. The van der Waals surface area contributed by atoms with Crippen molar-refractivity contribution in [2.24, 2.45) is 0 Å². The highest BCUT2D eigenvalue weighted by Gasteiger charge is 2.30. The molecule has 0 fully saturated rings. The van der Waals surface area contributed by atoms with E-state index in [4.69, 9.17) is 11.6 Å². The van der Waals surface area contributed by atoms with E-state index in [0.29, 0.717) is 10.6 Å². The summed E-state index contributed by atoms with van der Waals surface area (Å²) in [7, 11) is 0. The molecule has 140 valence electrons. The van der Waals surface area contributed by atoms with Gasteiger partial charge in [-0.05, 0) is 42.5 Å². The number of amides is 1. The summed E-state index contributed by atoms with van der Waals surface area (Å²) in [6, 6.07) is 11.0. The van der Waals surface area contributed by atoms with Gasteiger partial charge >= 0.3 is 6.18 Å². The molecule has 0 aliphatic rings. The Kier molecular flexibility index (Phi) is 7.03. The summed E-state index contributed by atoms with van der Waals surface area (Å²) in [6.45, 7) is -0.0236. The molecular weight excluding hydrogens is 379 g/mol. The van der Waals surface area contributed by atoms with E-state index in [-0.39, 0.29) is 36.6 Å². The standard InChI is InChI=1S/C20H15ClF3NO2/c21-17-8-6-15(7-9-17)18(26)10-11-19(27)25-12-2-4-14-3-1-5-16(13-14)20(22,23)24/h1,3,5-9,13H,10-12H2,(H,25,27). The average molecular weight is 394 g/mol. The summed E-state index contributed by atoms with van der Waals surface area (Å²) >= 11 is 5.75. The van der Waals surface area contributed by atoms with E-state index in [0.717, 1.165) is 12.1 Å². The zero-order valence-electron chi connectivity index (χ0n) is 14.1. The van der Waals surface area contributed by atoms with Gasteiger partial charge in [0.2, 0.25) is 5.91 Å². The Hall–Kier alpha value is -2.78. The van der Waals surface area contributed by atoms with E-state index in [2.05, 4.69) is 17.2 Å². The predicted molar refractivity (Wildman–Crippen MR) is 96.3 cm³/mol. The third-order valence-corrected chi connectivity index (χ3v) is 3.79. The Morgan fingerprint density at radius 3 is 2.41 bits per heavy atom. The van der Waals surface area contributed by atoms with Crippen molar-refractivity contribution in [1.82, 2.24) is 5.32 Å². The lowest BCUT2D eigenvalue weighted by atomic mass is 10.1. The highest BCUT2D eigenvalue weighted by molar-refractivity contribution is 6.30. The van der Waals surface area contributed by atoms with Gasteiger partial charge in [0.25, 0.3) is 0 Å². The Morgan fingerprint density at radius 2 is 1.74 bits per heavy atom. The molecule has 0 heterocycles. The monoisotopic (exact) mass is 393 g/mol. The summed E-state index contributed by atoms with van der Waals surface area (Å²) in [5.41, 5.74) is -0.104. The van der Waals surface area contributed by atoms with Crippen LogP contribution in [0, 0.1) is 11.8 Å². The number of carbonyl (C=O) groups excluding carboxylic acids is 2. The maximum absolute atomic E-state index is 12.6. The largest absolute Gasteiger partial charge is 0.416 e. The minimum atomic E-state index is -4.43. The fourth-order valence-corrected chi connectivity index (χ4v) is 2.28. The smallest absolute Gasteiger partial charge is 0.345 e. The first kappa shape index (κ1) is 20.5. The summed E-state index contributed by atoms with van der Waals surface area (Å²) in [6.07, 6.45) is -4.40. The van der Waals surface area contributed by atoms with Crippen molar-refractivity contribution in [3.05, 3.63) is 70.2 Å². The van der Waals surface area contributed by atoms with Crippen LogP contribution in [0.1, 0.15) is 34.3 Å². The van der Waals surface area contributed by atoms with Crippen molar-refractivity contribution in [2.75, 3.05) is 6.54 Å². The van der Waals surface area contributed by atoms with E-state index in [1.807, 2.05) is 0 Å². The average Bonchev–Trinajstić information content (AvgIpc) is 2.63. The van der Waals surface area contributed by atoms with Crippen molar-refractivity contribution in [1.29, 1.82) is 0 Å². The zero-order chi connectivity index (χ0) is 19.9. The predicted octanol–water partition coefficient (Wildman–Crippen LogP) is 4.49. The molecule has 0 radical (unpaired) electrons. The van der Waals surface area contributed by atoms with Crippen LogP contribution in [0.4, 0.5) is 13.2 Å². The van der Waals surface area contributed by atoms with Gasteiger partial charge < -0.3 is 5.32 Å². The third-order valence-electron chi connectivity index (χ3n) is 3.54. The van der Waals surface area contributed by atoms with Gasteiger partial charge in [-0.1, -0.05) is 29.5 Å². The molecule has 0 aliphatic carbocycles. The van der Waals surface area contributed by atoms with Crippen LogP contribution in [-0.2, 0) is 11.0 Å². The first-order valence-corrected chi connectivity index (χ1v) is 8.35. The van der Waals surface area contributed by atoms with Crippen LogP contribution in [0.2, 0.25) is 5.02 Å². The fourth-order valence-electron chi connectivity index (χ4n) is 2.16. The molecule has 0 aromatic heterocycles. The van der Waals surface area contributed by atoms with Crippen LogP contribution in [0.15, 0.2) is 48.5 Å². The van der Waals surface area contributed by atoms with E-state index < -0.39 is 11.7 Å². The van der Waals surface area contributed by atoms with E-state index in [1.165, 1.54) is 12.1 Å². The third kappa shape index (κ3) is 6.80. The molecule has 0 aliphatic heterocycles. The Bertz CT molecular complexity index is 881. The molecule has 2 aromatic carbocycles. The van der Waals surface area contributed by atoms with Gasteiger partial charge in [-0.3, -0.25) is 9.59 Å². The van der Waals surface area contributed by atoms with Crippen LogP contribution in [0.25, 0.3) is 0 Å². The number of nitrogens with one attached hydrogen (secondary N) is 1. The van der Waals surface area contributed by atoms with Crippen LogP contribution >= 0.6 is 11.6 Å². The van der Waals surface area contributed by atoms with Gasteiger partial charge in [0.1, 0.15) is 0 Å². The highest BCUT2D eigenvalue weighted by Crippen LogP contribution is 2.29. The van der Waals surface area contributed by atoms with Crippen molar-refractivity contribution in [3.8, 4) is 11.8 Å². The first-order chi connectivity index (χ1) is 12.8. The van der Waals surface area contributed by atoms with E-state index in [1.54, 1.807) is 24.3 Å². The number of halogens is 4. The van der Waals surface area contributed by atoms with Crippen molar-refractivity contribution in [2.45, 2.75) is 19.0 Å². The van der Waals surface area contributed by atoms with E-state index >= 15 is 0 Å². The maximum Gasteiger partial charge on any atom is 0.416 e. The van der Waals surface area contributed by atoms with Crippen molar-refractivity contribution >= 4 is 23.3 Å². The number of carbonyl (C=O) groups is 2. The number of hydrogen-bond donors (Lipinski definition) is 1. The SMILES string of the molecule is O=C(CCC(=O)c1ccc(Cl)cc1)NCC#Cc1cccc(C(F)(F)F)c1. The quantitative estimate of drug-likeness (QED) is 0.601.